The lowest BCUT2D eigenvalue weighted by atomic mass is 10.4. The van der Waals surface area contributed by atoms with Crippen molar-refractivity contribution >= 4 is 0 Å². The lowest BCUT2D eigenvalue weighted by Gasteiger charge is -1.93. The smallest absolute Gasteiger partial charge is 0.0169 e. The van der Waals surface area contributed by atoms with E-state index in [9.17, 15) is 0 Å². The van der Waals surface area contributed by atoms with Crippen LogP contribution in [0.5, 0.6) is 0 Å². The molecule has 46 valence electrons. The molecule has 0 radical (unpaired) electrons. The summed E-state index contributed by atoms with van der Waals surface area (Å²) in [5.41, 5.74) is 0. The van der Waals surface area contributed by atoms with Crippen LogP contribution in [0.25, 0.3) is 0 Å². The molecule has 0 saturated heterocycles. The highest BCUT2D eigenvalue weighted by Gasteiger charge is 2.19. The van der Waals surface area contributed by atoms with E-state index in [4.69, 9.17) is 0 Å². The van der Waals surface area contributed by atoms with Crippen LogP contribution >= 0.6 is 0 Å². The zero-order valence-corrected chi connectivity index (χ0v) is 5.35. The molecule has 0 spiro atoms. The highest BCUT2D eigenvalue weighted by molar-refractivity contribution is 4.80. The SMILES string of the molecule is CC=CNCC1CC1. The van der Waals surface area contributed by atoms with Crippen LogP contribution in [-0.2, 0) is 0 Å². The number of allylic oxidation sites excluding steroid dienone is 1. The summed E-state index contributed by atoms with van der Waals surface area (Å²) < 4.78 is 0. The topological polar surface area (TPSA) is 12.0 Å². The van der Waals surface area contributed by atoms with Crippen LogP contribution in [0.1, 0.15) is 19.8 Å². The fourth-order valence-corrected chi connectivity index (χ4v) is 0.675. The number of hydrogen-bond donors (Lipinski definition) is 1. The maximum atomic E-state index is 3.22. The van der Waals surface area contributed by atoms with Crippen molar-refractivity contribution in [1.29, 1.82) is 0 Å². The lowest BCUT2D eigenvalue weighted by Crippen LogP contribution is -2.07. The van der Waals surface area contributed by atoms with Gasteiger partial charge in [0, 0.05) is 6.54 Å². The molecule has 0 unspecified atom stereocenters. The first-order valence-corrected chi connectivity index (χ1v) is 3.28. The Morgan fingerprint density at radius 2 is 2.38 bits per heavy atom. The number of hydrogen-bond acceptors (Lipinski definition) is 1. The van der Waals surface area contributed by atoms with Crippen molar-refractivity contribution in [2.75, 3.05) is 6.54 Å². The van der Waals surface area contributed by atoms with Crippen LogP contribution in [-0.4, -0.2) is 6.54 Å². The molecular formula is C7H13N. The first-order valence-electron chi connectivity index (χ1n) is 3.28. The molecule has 0 bridgehead atoms. The van der Waals surface area contributed by atoms with Crippen LogP contribution in [0.15, 0.2) is 12.3 Å². The molecule has 1 heteroatoms. The third-order valence-electron chi connectivity index (χ3n) is 1.39. The molecule has 0 aromatic rings. The third kappa shape index (κ3) is 2.01. The number of nitrogens with one attached hydrogen (secondary N) is 1. The Labute approximate surface area is 50.8 Å². The minimum atomic E-state index is 0.992. The summed E-state index contributed by atoms with van der Waals surface area (Å²) in [6.07, 6.45) is 6.91. The van der Waals surface area contributed by atoms with Gasteiger partial charge in [-0.1, -0.05) is 6.08 Å². The van der Waals surface area contributed by atoms with Crippen LogP contribution in [0.4, 0.5) is 0 Å². The highest BCUT2D eigenvalue weighted by atomic mass is 14.8. The van der Waals surface area contributed by atoms with Crippen LogP contribution in [0.2, 0.25) is 0 Å². The minimum absolute atomic E-state index is 0.992. The van der Waals surface area contributed by atoms with Gasteiger partial charge in [-0.25, -0.2) is 0 Å². The van der Waals surface area contributed by atoms with Crippen molar-refractivity contribution < 1.29 is 0 Å². The van der Waals surface area contributed by atoms with E-state index in [1.54, 1.807) is 0 Å². The minimum Gasteiger partial charge on any atom is -0.391 e. The Morgan fingerprint density at radius 3 is 2.88 bits per heavy atom. The summed E-state index contributed by atoms with van der Waals surface area (Å²) in [5, 5.41) is 3.22. The van der Waals surface area contributed by atoms with E-state index >= 15 is 0 Å². The van der Waals surface area contributed by atoms with Gasteiger partial charge in [0.2, 0.25) is 0 Å². The van der Waals surface area contributed by atoms with Gasteiger partial charge in [-0.2, -0.15) is 0 Å². The molecule has 1 rings (SSSR count). The van der Waals surface area contributed by atoms with Crippen molar-refractivity contribution in [3.8, 4) is 0 Å². The zero-order valence-electron chi connectivity index (χ0n) is 5.35. The molecule has 1 N–H and O–H groups in total. The molecule has 1 nitrogen and oxygen atoms in total. The Balaban J connectivity index is 1.88. The second-order valence-electron chi connectivity index (χ2n) is 2.35. The first kappa shape index (κ1) is 5.67. The molecule has 1 fully saturated rings. The standard InChI is InChI=1S/C7H13N/c1-2-5-8-6-7-3-4-7/h2,5,7-8H,3-4,6H2,1H3. The molecular weight excluding hydrogens is 98.1 g/mol. The van der Waals surface area contributed by atoms with E-state index in [1.807, 2.05) is 19.2 Å². The second kappa shape index (κ2) is 2.75. The maximum Gasteiger partial charge on any atom is 0.0169 e. The summed E-state index contributed by atoms with van der Waals surface area (Å²) in [7, 11) is 0. The molecule has 0 aromatic heterocycles. The van der Waals surface area contributed by atoms with Crippen molar-refractivity contribution in [1.82, 2.24) is 5.32 Å². The highest BCUT2D eigenvalue weighted by Crippen LogP contribution is 2.27. The van der Waals surface area contributed by atoms with Crippen molar-refractivity contribution in [2.24, 2.45) is 5.92 Å². The van der Waals surface area contributed by atoms with E-state index < -0.39 is 0 Å². The van der Waals surface area contributed by atoms with Gasteiger partial charge < -0.3 is 5.32 Å². The third-order valence-corrected chi connectivity index (χ3v) is 1.39. The summed E-state index contributed by atoms with van der Waals surface area (Å²) in [5.74, 6) is 0.992. The summed E-state index contributed by atoms with van der Waals surface area (Å²) >= 11 is 0. The Bertz CT molecular complexity index is 82.4. The van der Waals surface area contributed by atoms with Gasteiger partial charge in [-0.3, -0.25) is 0 Å². The summed E-state index contributed by atoms with van der Waals surface area (Å²) in [6, 6.07) is 0. The average molecular weight is 111 g/mol. The van der Waals surface area contributed by atoms with E-state index in [2.05, 4.69) is 5.32 Å². The predicted octanol–water partition coefficient (Wildman–Crippen LogP) is 1.52. The van der Waals surface area contributed by atoms with Gasteiger partial charge in [0.25, 0.3) is 0 Å². The predicted molar refractivity (Wildman–Crippen MR) is 35.5 cm³/mol. The number of rotatable bonds is 3. The van der Waals surface area contributed by atoms with Gasteiger partial charge >= 0.3 is 0 Å². The van der Waals surface area contributed by atoms with Crippen molar-refractivity contribution in [3.63, 3.8) is 0 Å². The van der Waals surface area contributed by atoms with E-state index in [1.165, 1.54) is 19.4 Å². The van der Waals surface area contributed by atoms with E-state index in [0.717, 1.165) is 5.92 Å². The van der Waals surface area contributed by atoms with Gasteiger partial charge in [0.1, 0.15) is 0 Å². The van der Waals surface area contributed by atoms with E-state index in [-0.39, 0.29) is 0 Å². The Hall–Kier alpha value is -0.460. The average Bonchev–Trinajstić information content (AvgIpc) is 2.51. The second-order valence-corrected chi connectivity index (χ2v) is 2.35. The Kier molecular flexibility index (Phi) is 1.95. The van der Waals surface area contributed by atoms with Crippen molar-refractivity contribution in [2.45, 2.75) is 19.8 Å². The molecule has 1 aliphatic carbocycles. The Morgan fingerprint density at radius 1 is 1.62 bits per heavy atom. The van der Waals surface area contributed by atoms with Gasteiger partial charge in [0.05, 0.1) is 0 Å². The molecule has 0 heterocycles. The van der Waals surface area contributed by atoms with Crippen LogP contribution in [0, 0.1) is 5.92 Å². The molecule has 0 atom stereocenters. The van der Waals surface area contributed by atoms with Crippen molar-refractivity contribution in [3.05, 3.63) is 12.3 Å². The molecule has 1 saturated carbocycles. The maximum absolute atomic E-state index is 3.22. The fourth-order valence-electron chi connectivity index (χ4n) is 0.675. The van der Waals surface area contributed by atoms with Gasteiger partial charge in [-0.15, -0.1) is 0 Å². The lowest BCUT2D eigenvalue weighted by molar-refractivity contribution is 0.747. The quantitative estimate of drug-likeness (QED) is 0.582. The summed E-state index contributed by atoms with van der Waals surface area (Å²) in [4.78, 5) is 0. The summed E-state index contributed by atoms with van der Waals surface area (Å²) in [6.45, 7) is 3.21. The largest absolute Gasteiger partial charge is 0.391 e. The first-order chi connectivity index (χ1) is 3.93. The monoisotopic (exact) mass is 111 g/mol. The molecule has 0 amide bonds. The van der Waals surface area contributed by atoms with E-state index in [0.29, 0.717) is 0 Å². The van der Waals surface area contributed by atoms with Crippen LogP contribution in [0.3, 0.4) is 0 Å². The molecule has 1 aliphatic rings. The van der Waals surface area contributed by atoms with Gasteiger partial charge in [0.15, 0.2) is 0 Å². The van der Waals surface area contributed by atoms with Crippen LogP contribution < -0.4 is 5.32 Å². The van der Waals surface area contributed by atoms with Gasteiger partial charge in [-0.05, 0) is 31.9 Å². The zero-order chi connectivity index (χ0) is 5.82. The normalized spacial score (nSPS) is 19.6. The molecule has 0 aromatic carbocycles. The molecule has 8 heavy (non-hydrogen) atoms. The fraction of sp³-hybridized carbons (Fsp3) is 0.714. The molecule has 0 aliphatic heterocycles.